The smallest absolute Gasteiger partial charge is 0.310 e. The molecule has 20 heavy (non-hydrogen) atoms. The number of hydrogen-bond acceptors (Lipinski definition) is 2. The molecule has 0 amide bonds. The lowest BCUT2D eigenvalue weighted by Crippen LogP contribution is -2.51. The highest BCUT2D eigenvalue weighted by Gasteiger charge is 2.45. The predicted octanol–water partition coefficient (Wildman–Crippen LogP) is 3.57. The summed E-state index contributed by atoms with van der Waals surface area (Å²) in [7, 11) is 0. The van der Waals surface area contributed by atoms with Crippen molar-refractivity contribution in [3.8, 4) is 0 Å². The Morgan fingerprint density at radius 2 is 2.05 bits per heavy atom. The molecule has 1 heterocycles. The van der Waals surface area contributed by atoms with E-state index >= 15 is 0 Å². The number of carboxylic acids is 1. The van der Waals surface area contributed by atoms with E-state index in [0.29, 0.717) is 19.4 Å². The lowest BCUT2D eigenvalue weighted by molar-refractivity contribution is -0.152. The van der Waals surface area contributed by atoms with Crippen LogP contribution >= 0.6 is 12.4 Å². The molecule has 0 aromatic carbocycles. The fourth-order valence-corrected chi connectivity index (χ4v) is 2.77. The van der Waals surface area contributed by atoms with Gasteiger partial charge in [-0.05, 0) is 37.1 Å². The maximum absolute atomic E-state index is 12.2. The molecule has 1 aliphatic rings. The minimum Gasteiger partial charge on any atom is -0.481 e. The van der Waals surface area contributed by atoms with Crippen molar-refractivity contribution < 1.29 is 18.7 Å². The standard InChI is InChI=1S/C14H25F2NO2.ClH/c1-13(2,3)10-7-14(12(18)19,9-17-8-10)6-4-5-11(15)16;/h10-11,17H,4-9H2,1-3H3,(H,18,19);1H/t10-,14-;/m1./s1. The molecule has 2 N–H and O–H groups in total. The molecule has 0 aromatic rings. The van der Waals surface area contributed by atoms with Gasteiger partial charge in [-0.3, -0.25) is 4.79 Å². The maximum atomic E-state index is 12.2. The highest BCUT2D eigenvalue weighted by molar-refractivity contribution is 5.85. The molecule has 1 aliphatic heterocycles. The van der Waals surface area contributed by atoms with Gasteiger partial charge in [0, 0.05) is 13.0 Å². The summed E-state index contributed by atoms with van der Waals surface area (Å²) in [6.45, 7) is 7.47. The molecule has 0 spiro atoms. The Morgan fingerprint density at radius 1 is 1.45 bits per heavy atom. The zero-order valence-electron chi connectivity index (χ0n) is 12.4. The number of aliphatic carboxylic acids is 1. The summed E-state index contributed by atoms with van der Waals surface area (Å²) in [5, 5.41) is 12.7. The Morgan fingerprint density at radius 3 is 2.50 bits per heavy atom. The average Bonchev–Trinajstić information content (AvgIpc) is 2.27. The van der Waals surface area contributed by atoms with Crippen LogP contribution in [0.3, 0.4) is 0 Å². The zero-order chi connectivity index (χ0) is 14.7. The number of carbonyl (C=O) groups is 1. The second-order valence-electron chi connectivity index (χ2n) is 6.77. The van der Waals surface area contributed by atoms with E-state index in [4.69, 9.17) is 0 Å². The van der Waals surface area contributed by atoms with Gasteiger partial charge in [0.15, 0.2) is 0 Å². The normalized spacial score (nSPS) is 27.2. The van der Waals surface area contributed by atoms with E-state index in [1.165, 1.54) is 0 Å². The third-order valence-electron chi connectivity index (χ3n) is 4.25. The van der Waals surface area contributed by atoms with Crippen LogP contribution in [0.5, 0.6) is 0 Å². The van der Waals surface area contributed by atoms with Crippen LogP contribution < -0.4 is 5.32 Å². The van der Waals surface area contributed by atoms with Gasteiger partial charge < -0.3 is 10.4 Å². The van der Waals surface area contributed by atoms with E-state index < -0.39 is 17.8 Å². The van der Waals surface area contributed by atoms with E-state index in [1.54, 1.807) is 0 Å². The number of piperidine rings is 1. The van der Waals surface area contributed by atoms with Crippen molar-refractivity contribution >= 4 is 18.4 Å². The Labute approximate surface area is 125 Å². The van der Waals surface area contributed by atoms with Crippen LogP contribution in [0.2, 0.25) is 0 Å². The largest absolute Gasteiger partial charge is 0.481 e. The monoisotopic (exact) mass is 313 g/mol. The molecular formula is C14H26ClF2NO2. The summed E-state index contributed by atoms with van der Waals surface area (Å²) in [6.07, 6.45) is -1.40. The third-order valence-corrected chi connectivity index (χ3v) is 4.25. The number of alkyl halides is 2. The van der Waals surface area contributed by atoms with Gasteiger partial charge in [-0.1, -0.05) is 20.8 Å². The maximum Gasteiger partial charge on any atom is 0.310 e. The Balaban J connectivity index is 0.00000361. The van der Waals surface area contributed by atoms with Crippen molar-refractivity contribution in [2.24, 2.45) is 16.7 Å². The number of hydrogen-bond donors (Lipinski definition) is 2. The quantitative estimate of drug-likeness (QED) is 0.816. The van der Waals surface area contributed by atoms with Crippen molar-refractivity contribution in [1.29, 1.82) is 0 Å². The number of rotatable bonds is 5. The summed E-state index contributed by atoms with van der Waals surface area (Å²) >= 11 is 0. The molecule has 0 unspecified atom stereocenters. The van der Waals surface area contributed by atoms with Crippen LogP contribution in [0, 0.1) is 16.7 Å². The molecule has 6 heteroatoms. The molecule has 1 rings (SSSR count). The zero-order valence-corrected chi connectivity index (χ0v) is 13.2. The fraction of sp³-hybridized carbons (Fsp3) is 0.929. The van der Waals surface area contributed by atoms with Crippen LogP contribution in [0.25, 0.3) is 0 Å². The summed E-state index contributed by atoms with van der Waals surface area (Å²) < 4.78 is 24.4. The van der Waals surface area contributed by atoms with E-state index in [-0.39, 0.29) is 36.6 Å². The molecule has 120 valence electrons. The first-order valence-electron chi connectivity index (χ1n) is 6.90. The van der Waals surface area contributed by atoms with Crippen LogP contribution in [0.4, 0.5) is 8.78 Å². The van der Waals surface area contributed by atoms with Gasteiger partial charge in [0.05, 0.1) is 5.41 Å². The SMILES string of the molecule is CC(C)(C)[C@H]1CNC[C@](CCCC(F)F)(C(=O)O)C1.Cl. The second-order valence-corrected chi connectivity index (χ2v) is 6.77. The van der Waals surface area contributed by atoms with Crippen molar-refractivity contribution in [3.05, 3.63) is 0 Å². The molecule has 0 aliphatic carbocycles. The van der Waals surface area contributed by atoms with E-state index in [1.807, 2.05) is 0 Å². The van der Waals surface area contributed by atoms with Crippen molar-refractivity contribution in [2.75, 3.05) is 13.1 Å². The van der Waals surface area contributed by atoms with Gasteiger partial charge >= 0.3 is 5.97 Å². The molecule has 3 nitrogen and oxygen atoms in total. The lowest BCUT2D eigenvalue weighted by atomic mass is 9.66. The van der Waals surface area contributed by atoms with Crippen molar-refractivity contribution in [1.82, 2.24) is 5.32 Å². The summed E-state index contributed by atoms with van der Waals surface area (Å²) in [5.41, 5.74) is -0.859. The van der Waals surface area contributed by atoms with Gasteiger partial charge in [0.25, 0.3) is 0 Å². The molecule has 1 fully saturated rings. The fourth-order valence-electron chi connectivity index (χ4n) is 2.77. The molecule has 0 aromatic heterocycles. The lowest BCUT2D eigenvalue weighted by Gasteiger charge is -2.43. The number of carboxylic acid groups (broad SMARTS) is 1. The number of nitrogens with one attached hydrogen (secondary N) is 1. The first-order chi connectivity index (χ1) is 8.67. The minimum atomic E-state index is -2.35. The van der Waals surface area contributed by atoms with Crippen molar-refractivity contribution in [2.45, 2.75) is 52.9 Å². The molecule has 0 saturated carbocycles. The van der Waals surface area contributed by atoms with E-state index in [0.717, 1.165) is 6.54 Å². The number of halogens is 3. The van der Waals surface area contributed by atoms with Gasteiger partial charge in [0.2, 0.25) is 6.43 Å². The van der Waals surface area contributed by atoms with Crippen LogP contribution in [-0.4, -0.2) is 30.6 Å². The first-order valence-corrected chi connectivity index (χ1v) is 6.90. The average molecular weight is 314 g/mol. The van der Waals surface area contributed by atoms with E-state index in [2.05, 4.69) is 26.1 Å². The topological polar surface area (TPSA) is 49.3 Å². The van der Waals surface area contributed by atoms with Crippen LogP contribution in [0.15, 0.2) is 0 Å². The third kappa shape index (κ3) is 5.17. The van der Waals surface area contributed by atoms with Gasteiger partial charge in [0.1, 0.15) is 0 Å². The Hall–Kier alpha value is -0.420. The van der Waals surface area contributed by atoms with E-state index in [9.17, 15) is 18.7 Å². The minimum absolute atomic E-state index is 0. The van der Waals surface area contributed by atoms with Gasteiger partial charge in [-0.15, -0.1) is 12.4 Å². The predicted molar refractivity (Wildman–Crippen MR) is 77.6 cm³/mol. The summed E-state index contributed by atoms with van der Waals surface area (Å²) in [4.78, 5) is 11.6. The van der Waals surface area contributed by atoms with Gasteiger partial charge in [-0.25, -0.2) is 8.78 Å². The molecule has 1 saturated heterocycles. The summed E-state index contributed by atoms with van der Waals surface area (Å²) in [5.74, 6) is -0.605. The molecule has 0 radical (unpaired) electrons. The molecule has 2 atom stereocenters. The Kier molecular flexibility index (Phi) is 7.39. The van der Waals surface area contributed by atoms with Gasteiger partial charge in [-0.2, -0.15) is 0 Å². The summed E-state index contributed by atoms with van der Waals surface area (Å²) in [6, 6.07) is 0. The van der Waals surface area contributed by atoms with Crippen LogP contribution in [-0.2, 0) is 4.79 Å². The second kappa shape index (κ2) is 7.55. The molecular weight excluding hydrogens is 288 g/mol. The van der Waals surface area contributed by atoms with Crippen LogP contribution in [0.1, 0.15) is 46.5 Å². The molecule has 0 bridgehead atoms. The highest BCUT2D eigenvalue weighted by atomic mass is 35.5. The first kappa shape index (κ1) is 19.6. The Bertz CT molecular complexity index is 321. The van der Waals surface area contributed by atoms with Crippen molar-refractivity contribution in [3.63, 3.8) is 0 Å². The highest BCUT2D eigenvalue weighted by Crippen LogP contribution is 2.41.